The van der Waals surface area contributed by atoms with Crippen LogP contribution in [0.1, 0.15) is 20.3 Å². The van der Waals surface area contributed by atoms with Gasteiger partial charge in [-0.2, -0.15) is 0 Å². The summed E-state index contributed by atoms with van der Waals surface area (Å²) >= 11 is 1.69. The first-order valence-electron chi connectivity index (χ1n) is 5.60. The predicted octanol–water partition coefficient (Wildman–Crippen LogP) is 2.97. The van der Waals surface area contributed by atoms with Crippen molar-refractivity contribution in [1.29, 1.82) is 0 Å². The van der Waals surface area contributed by atoms with Crippen LogP contribution in [0.3, 0.4) is 0 Å². The highest BCUT2D eigenvalue weighted by Crippen LogP contribution is 2.24. The van der Waals surface area contributed by atoms with Crippen LogP contribution >= 0.6 is 11.3 Å². The van der Waals surface area contributed by atoms with E-state index in [1.807, 2.05) is 36.6 Å². The molecule has 1 atom stereocenters. The second-order valence-corrected chi connectivity index (χ2v) is 5.35. The zero-order valence-corrected chi connectivity index (χ0v) is 10.8. The number of nitrogens with one attached hydrogen (secondary N) is 1. The summed E-state index contributed by atoms with van der Waals surface area (Å²) in [5.41, 5.74) is 5.87. The molecule has 0 aliphatic carbocycles. The number of nitrogens with two attached hydrogens (primary N) is 1. The zero-order chi connectivity index (χ0) is 12.5. The van der Waals surface area contributed by atoms with Crippen LogP contribution in [0.25, 0.3) is 10.1 Å². The third-order valence-corrected chi connectivity index (χ3v) is 3.86. The van der Waals surface area contributed by atoms with Crippen LogP contribution in [0, 0.1) is 0 Å². The molecule has 0 saturated heterocycles. The summed E-state index contributed by atoms with van der Waals surface area (Å²) in [7, 11) is 0. The topological polar surface area (TPSA) is 55.1 Å². The van der Waals surface area contributed by atoms with Crippen molar-refractivity contribution in [3.63, 3.8) is 0 Å². The quantitative estimate of drug-likeness (QED) is 0.877. The fourth-order valence-corrected chi connectivity index (χ4v) is 2.25. The molecular formula is C13H16N2OS. The van der Waals surface area contributed by atoms with Gasteiger partial charge in [0.05, 0.1) is 5.54 Å². The molecule has 4 heteroatoms. The molecule has 0 spiro atoms. The van der Waals surface area contributed by atoms with Crippen LogP contribution < -0.4 is 11.1 Å². The summed E-state index contributed by atoms with van der Waals surface area (Å²) in [5.74, 6) is -0.144. The Balaban J connectivity index is 2.21. The molecule has 1 heterocycles. The molecule has 3 N–H and O–H groups in total. The van der Waals surface area contributed by atoms with Gasteiger partial charge in [0.1, 0.15) is 0 Å². The Hall–Kier alpha value is -1.39. The fourth-order valence-electron chi connectivity index (χ4n) is 1.48. The molecule has 1 aromatic carbocycles. The lowest BCUT2D eigenvalue weighted by molar-refractivity contribution is -0.120. The number of carbonyl (C=O) groups excluding carboxylic acids is 1. The van der Waals surface area contributed by atoms with E-state index in [-0.39, 0.29) is 5.91 Å². The van der Waals surface area contributed by atoms with Crippen LogP contribution in [0.5, 0.6) is 0 Å². The lowest BCUT2D eigenvalue weighted by Gasteiger charge is -2.21. The van der Waals surface area contributed by atoms with Crippen molar-refractivity contribution < 1.29 is 4.79 Å². The number of hydrogen-bond acceptors (Lipinski definition) is 3. The smallest absolute Gasteiger partial charge is 0.244 e. The minimum atomic E-state index is -0.816. The largest absolute Gasteiger partial charge is 0.324 e. The Labute approximate surface area is 105 Å². The second kappa shape index (κ2) is 4.47. The standard InChI is InChI=1S/C13H16N2OS/c1-3-13(2,14)12(16)15-10-4-5-11-9(8-10)6-7-17-11/h4-8H,3,14H2,1-2H3,(H,15,16). The lowest BCUT2D eigenvalue weighted by atomic mass is 9.99. The van der Waals surface area contributed by atoms with E-state index >= 15 is 0 Å². The number of benzene rings is 1. The molecule has 17 heavy (non-hydrogen) atoms. The highest BCUT2D eigenvalue weighted by Gasteiger charge is 2.25. The van der Waals surface area contributed by atoms with Crippen LogP contribution in [-0.4, -0.2) is 11.4 Å². The van der Waals surface area contributed by atoms with Gasteiger partial charge in [0.2, 0.25) is 5.91 Å². The molecule has 1 unspecified atom stereocenters. The molecule has 0 radical (unpaired) electrons. The van der Waals surface area contributed by atoms with Crippen molar-refractivity contribution in [2.75, 3.05) is 5.32 Å². The maximum atomic E-state index is 11.9. The monoisotopic (exact) mass is 248 g/mol. The Morgan fingerprint density at radius 1 is 1.47 bits per heavy atom. The molecule has 2 rings (SSSR count). The summed E-state index contributed by atoms with van der Waals surface area (Å²) in [6.45, 7) is 3.65. The minimum absolute atomic E-state index is 0.144. The molecule has 0 bridgehead atoms. The van der Waals surface area contributed by atoms with Gasteiger partial charge >= 0.3 is 0 Å². The van der Waals surface area contributed by atoms with Crippen LogP contribution in [0.2, 0.25) is 0 Å². The molecular weight excluding hydrogens is 232 g/mol. The molecule has 0 saturated carbocycles. The van der Waals surface area contributed by atoms with Crippen molar-refractivity contribution in [2.45, 2.75) is 25.8 Å². The molecule has 0 fully saturated rings. The van der Waals surface area contributed by atoms with Crippen molar-refractivity contribution in [1.82, 2.24) is 0 Å². The molecule has 3 nitrogen and oxygen atoms in total. The van der Waals surface area contributed by atoms with Gasteiger partial charge in [-0.1, -0.05) is 6.92 Å². The first kappa shape index (κ1) is 12.1. The number of fused-ring (bicyclic) bond motifs is 1. The van der Waals surface area contributed by atoms with Crippen molar-refractivity contribution in [2.24, 2.45) is 5.73 Å². The number of hydrogen-bond donors (Lipinski definition) is 2. The minimum Gasteiger partial charge on any atom is -0.324 e. The molecule has 90 valence electrons. The number of anilines is 1. The lowest BCUT2D eigenvalue weighted by Crippen LogP contribution is -2.47. The van der Waals surface area contributed by atoms with Gasteiger partial charge in [-0.15, -0.1) is 11.3 Å². The summed E-state index contributed by atoms with van der Waals surface area (Å²) in [6.07, 6.45) is 0.611. The number of amides is 1. The normalized spacial score (nSPS) is 14.5. The van der Waals surface area contributed by atoms with Crippen LogP contribution in [-0.2, 0) is 4.79 Å². The average molecular weight is 248 g/mol. The van der Waals surface area contributed by atoms with Crippen LogP contribution in [0.4, 0.5) is 5.69 Å². The predicted molar refractivity (Wildman–Crippen MR) is 73.3 cm³/mol. The zero-order valence-electron chi connectivity index (χ0n) is 9.99. The summed E-state index contributed by atoms with van der Waals surface area (Å²) in [6, 6.07) is 7.92. The van der Waals surface area contributed by atoms with Gasteiger partial charge < -0.3 is 11.1 Å². The first-order chi connectivity index (χ1) is 8.03. The molecule has 0 aliphatic heterocycles. The van der Waals surface area contributed by atoms with E-state index in [1.54, 1.807) is 18.3 Å². The molecule has 0 aliphatic rings. The molecule has 1 aromatic heterocycles. The Morgan fingerprint density at radius 3 is 2.94 bits per heavy atom. The van der Waals surface area contributed by atoms with Crippen molar-refractivity contribution >= 4 is 33.0 Å². The summed E-state index contributed by atoms with van der Waals surface area (Å²) in [4.78, 5) is 11.9. The first-order valence-corrected chi connectivity index (χ1v) is 6.48. The number of rotatable bonds is 3. The third-order valence-electron chi connectivity index (χ3n) is 2.96. The Morgan fingerprint density at radius 2 is 2.24 bits per heavy atom. The molecule has 2 aromatic rings. The van der Waals surface area contributed by atoms with E-state index in [9.17, 15) is 4.79 Å². The van der Waals surface area contributed by atoms with Crippen molar-refractivity contribution in [3.05, 3.63) is 29.6 Å². The van der Waals surface area contributed by atoms with Crippen molar-refractivity contribution in [3.8, 4) is 0 Å². The van der Waals surface area contributed by atoms with Gasteiger partial charge in [-0.3, -0.25) is 4.79 Å². The third kappa shape index (κ3) is 2.48. The number of thiophene rings is 1. The SMILES string of the molecule is CCC(C)(N)C(=O)Nc1ccc2sccc2c1. The number of carbonyl (C=O) groups is 1. The summed E-state index contributed by atoms with van der Waals surface area (Å²) < 4.78 is 1.22. The van der Waals surface area contributed by atoms with E-state index in [2.05, 4.69) is 5.32 Å². The maximum Gasteiger partial charge on any atom is 0.244 e. The van der Waals surface area contributed by atoms with Gasteiger partial charge in [-0.25, -0.2) is 0 Å². The van der Waals surface area contributed by atoms with Crippen LogP contribution in [0.15, 0.2) is 29.6 Å². The van der Waals surface area contributed by atoms with E-state index in [0.29, 0.717) is 6.42 Å². The average Bonchev–Trinajstić information content (AvgIpc) is 2.76. The highest BCUT2D eigenvalue weighted by atomic mass is 32.1. The van der Waals surface area contributed by atoms with Gasteiger partial charge in [-0.05, 0) is 48.4 Å². The van der Waals surface area contributed by atoms with E-state index in [1.165, 1.54) is 4.70 Å². The van der Waals surface area contributed by atoms with E-state index < -0.39 is 5.54 Å². The fraction of sp³-hybridized carbons (Fsp3) is 0.308. The van der Waals surface area contributed by atoms with E-state index in [4.69, 9.17) is 5.73 Å². The maximum absolute atomic E-state index is 11.9. The van der Waals surface area contributed by atoms with Gasteiger partial charge in [0.15, 0.2) is 0 Å². The van der Waals surface area contributed by atoms with Gasteiger partial charge in [0, 0.05) is 10.4 Å². The molecule has 1 amide bonds. The van der Waals surface area contributed by atoms with E-state index in [0.717, 1.165) is 11.1 Å². The Bertz CT molecular complexity index is 545. The van der Waals surface area contributed by atoms with Gasteiger partial charge in [0.25, 0.3) is 0 Å². The summed E-state index contributed by atoms with van der Waals surface area (Å²) in [5, 5.41) is 6.03. The highest BCUT2D eigenvalue weighted by molar-refractivity contribution is 7.17. The second-order valence-electron chi connectivity index (χ2n) is 4.40. The Kier molecular flexibility index (Phi) is 3.17.